The van der Waals surface area contributed by atoms with Gasteiger partial charge in [0.15, 0.2) is 5.69 Å². The fourth-order valence-electron chi connectivity index (χ4n) is 7.00. The number of amides is 2. The normalized spacial score (nSPS) is 19.2. The summed E-state index contributed by atoms with van der Waals surface area (Å²) in [6, 6.07) is 6.04. The maximum Gasteiger partial charge on any atom is 0.416 e. The van der Waals surface area contributed by atoms with Gasteiger partial charge < -0.3 is 29.5 Å². The number of nitrogens with one attached hydrogen (secondary N) is 1. The lowest BCUT2D eigenvalue weighted by Crippen LogP contribution is -2.40. The van der Waals surface area contributed by atoms with E-state index in [1.165, 1.54) is 29.7 Å². The Hall–Kier alpha value is -5.18. The molecule has 5 heterocycles. The summed E-state index contributed by atoms with van der Waals surface area (Å²) in [6.45, 7) is 5.13. The lowest BCUT2D eigenvalue weighted by atomic mass is 10.1. The van der Waals surface area contributed by atoms with Crippen LogP contribution < -0.4 is 15.8 Å². The van der Waals surface area contributed by atoms with Gasteiger partial charge in [0.1, 0.15) is 18.0 Å². The van der Waals surface area contributed by atoms with Crippen LogP contribution in [-0.4, -0.2) is 79.6 Å². The van der Waals surface area contributed by atoms with Crippen LogP contribution in [0.5, 0.6) is 5.75 Å². The number of halogens is 3. The lowest BCUT2D eigenvalue weighted by Gasteiger charge is -2.28. The molecule has 7 rings (SSSR count). The number of aromatic hydroxyl groups is 1. The number of benzene rings is 1. The van der Waals surface area contributed by atoms with Crippen molar-refractivity contribution in [2.24, 2.45) is 5.92 Å². The van der Waals surface area contributed by atoms with Gasteiger partial charge in [-0.1, -0.05) is 13.0 Å². The molecule has 0 radical (unpaired) electrons. The molecule has 0 spiro atoms. The Kier molecular flexibility index (Phi) is 8.62. The number of aromatic nitrogens is 4. The van der Waals surface area contributed by atoms with Crippen LogP contribution in [0.15, 0.2) is 53.6 Å². The number of ether oxygens (including phenoxy) is 1. The minimum Gasteiger partial charge on any atom is -0.505 e. The molecule has 0 bridgehead atoms. The van der Waals surface area contributed by atoms with Crippen molar-refractivity contribution in [3.63, 3.8) is 0 Å². The molecule has 2 unspecified atom stereocenters. The van der Waals surface area contributed by atoms with Crippen LogP contribution in [0, 0.1) is 12.8 Å². The summed E-state index contributed by atoms with van der Waals surface area (Å²) < 4.78 is 48.4. The average molecular weight is 692 g/mol. The number of fused-ring (bicyclic) bond motifs is 2. The zero-order valence-corrected chi connectivity index (χ0v) is 27.5. The standard InChI is InChI=1S/C35H36F3N7O5/c1-3-26-31(42-11-12-43(27-16-22(27)17-42)32(48)30-28(46)5-4-10-39-30)33(49)45-18-25(21-8-13-50-14-9-21)41-34(45)44(26)19-29(47)40-24-7-6-23(15-20(24)2)35(36,37)38/h4-8,10,15,18,22,27,46H,3,9,11-14,16-17,19H2,1-2H3,(H,40,47). The molecule has 2 atom stereocenters. The number of hydrogen-bond acceptors (Lipinski definition) is 8. The quantitative estimate of drug-likeness (QED) is 0.294. The Morgan fingerprint density at radius 2 is 2.00 bits per heavy atom. The topological polar surface area (TPSA) is 134 Å². The van der Waals surface area contributed by atoms with E-state index in [1.54, 1.807) is 21.7 Å². The molecule has 1 saturated carbocycles. The number of imidazole rings is 1. The Morgan fingerprint density at radius 1 is 1.18 bits per heavy atom. The van der Waals surface area contributed by atoms with Gasteiger partial charge in [-0.15, -0.1) is 0 Å². The maximum absolute atomic E-state index is 14.4. The van der Waals surface area contributed by atoms with Crippen molar-refractivity contribution in [2.75, 3.05) is 43.1 Å². The summed E-state index contributed by atoms with van der Waals surface area (Å²) in [5.41, 5.74) is 1.82. The molecule has 2 N–H and O–H groups in total. The van der Waals surface area contributed by atoms with E-state index >= 15 is 0 Å². The maximum atomic E-state index is 14.4. The van der Waals surface area contributed by atoms with Gasteiger partial charge in [-0.2, -0.15) is 13.2 Å². The van der Waals surface area contributed by atoms with E-state index in [0.29, 0.717) is 56.2 Å². The summed E-state index contributed by atoms with van der Waals surface area (Å²) in [6.07, 6.45) is 2.22. The minimum atomic E-state index is -4.52. The second-order valence-corrected chi connectivity index (χ2v) is 12.8. The fraction of sp³-hybridized carbons (Fsp3) is 0.400. The Bertz CT molecular complexity index is 2090. The van der Waals surface area contributed by atoms with E-state index in [0.717, 1.165) is 24.1 Å². The summed E-state index contributed by atoms with van der Waals surface area (Å²) in [5.74, 6) is -0.729. The highest BCUT2D eigenvalue weighted by atomic mass is 19.4. The molecule has 4 aromatic rings. The van der Waals surface area contributed by atoms with E-state index in [-0.39, 0.29) is 65.0 Å². The Labute approximate surface area is 284 Å². The van der Waals surface area contributed by atoms with Crippen molar-refractivity contribution >= 4 is 34.5 Å². The molecule has 50 heavy (non-hydrogen) atoms. The number of anilines is 2. The highest BCUT2D eigenvalue weighted by Gasteiger charge is 2.48. The lowest BCUT2D eigenvalue weighted by molar-refractivity contribution is -0.137. The van der Waals surface area contributed by atoms with Crippen molar-refractivity contribution in [1.82, 2.24) is 23.8 Å². The zero-order valence-electron chi connectivity index (χ0n) is 27.5. The van der Waals surface area contributed by atoms with Gasteiger partial charge in [0.25, 0.3) is 11.5 Å². The third-order valence-electron chi connectivity index (χ3n) is 9.62. The minimum absolute atomic E-state index is 0.0210. The molecule has 2 aliphatic heterocycles. The van der Waals surface area contributed by atoms with E-state index < -0.39 is 17.6 Å². The van der Waals surface area contributed by atoms with E-state index in [4.69, 9.17) is 9.72 Å². The van der Waals surface area contributed by atoms with Crippen molar-refractivity contribution in [3.8, 4) is 5.75 Å². The van der Waals surface area contributed by atoms with Gasteiger partial charge in [-0.25, -0.2) is 14.4 Å². The second-order valence-electron chi connectivity index (χ2n) is 12.8. The van der Waals surface area contributed by atoms with Crippen LogP contribution in [0.3, 0.4) is 0 Å². The smallest absolute Gasteiger partial charge is 0.416 e. The molecule has 12 nitrogen and oxygen atoms in total. The molecule has 3 aromatic heterocycles. The van der Waals surface area contributed by atoms with Gasteiger partial charge in [0, 0.05) is 43.8 Å². The fourth-order valence-corrected chi connectivity index (χ4v) is 7.00. The highest BCUT2D eigenvalue weighted by molar-refractivity contribution is 5.95. The van der Waals surface area contributed by atoms with Crippen molar-refractivity contribution in [2.45, 2.75) is 51.9 Å². The first-order valence-corrected chi connectivity index (χ1v) is 16.5. The summed E-state index contributed by atoms with van der Waals surface area (Å²) in [5, 5.41) is 13.1. The molecule has 3 aliphatic rings. The number of carbonyl (C=O) groups is 2. The summed E-state index contributed by atoms with van der Waals surface area (Å²) >= 11 is 0. The number of pyridine rings is 1. The largest absolute Gasteiger partial charge is 0.505 e. The molecule has 1 aromatic carbocycles. The van der Waals surface area contributed by atoms with Crippen LogP contribution in [0.4, 0.5) is 24.5 Å². The third kappa shape index (κ3) is 6.21. The first kappa shape index (κ1) is 33.3. The van der Waals surface area contributed by atoms with E-state index in [2.05, 4.69) is 10.3 Å². The predicted molar refractivity (Wildman–Crippen MR) is 178 cm³/mol. The number of nitrogens with zero attached hydrogens (tertiary/aromatic N) is 6. The van der Waals surface area contributed by atoms with Crippen molar-refractivity contribution in [1.29, 1.82) is 0 Å². The molecule has 1 saturated heterocycles. The molecule has 2 fully saturated rings. The van der Waals surface area contributed by atoms with Crippen LogP contribution in [0.1, 0.15) is 52.8 Å². The predicted octanol–water partition coefficient (Wildman–Crippen LogP) is 4.28. The first-order chi connectivity index (χ1) is 23.9. The molecule has 2 amide bonds. The Morgan fingerprint density at radius 3 is 2.70 bits per heavy atom. The number of alkyl halides is 3. The van der Waals surface area contributed by atoms with Crippen LogP contribution in [-0.2, 0) is 28.7 Å². The number of carbonyl (C=O) groups excluding carboxylic acids is 2. The van der Waals surface area contributed by atoms with E-state index in [1.807, 2.05) is 17.9 Å². The van der Waals surface area contributed by atoms with Crippen LogP contribution in [0.25, 0.3) is 11.4 Å². The average Bonchev–Trinajstić information content (AvgIpc) is 3.73. The van der Waals surface area contributed by atoms with Crippen LogP contribution >= 0.6 is 0 Å². The van der Waals surface area contributed by atoms with Crippen molar-refractivity contribution in [3.05, 3.63) is 87.4 Å². The van der Waals surface area contributed by atoms with Gasteiger partial charge in [0.2, 0.25) is 11.7 Å². The monoisotopic (exact) mass is 691 g/mol. The zero-order chi connectivity index (χ0) is 35.3. The summed E-state index contributed by atoms with van der Waals surface area (Å²) in [7, 11) is 0. The van der Waals surface area contributed by atoms with Gasteiger partial charge in [-0.3, -0.25) is 14.4 Å². The molecule has 262 valence electrons. The highest BCUT2D eigenvalue weighted by Crippen LogP contribution is 2.41. The van der Waals surface area contributed by atoms with Crippen LogP contribution in [0.2, 0.25) is 0 Å². The molecule has 1 aliphatic carbocycles. The van der Waals surface area contributed by atoms with Crippen molar-refractivity contribution < 1.29 is 32.6 Å². The number of rotatable bonds is 7. The molecule has 15 heteroatoms. The van der Waals surface area contributed by atoms with Gasteiger partial charge in [-0.05, 0) is 73.6 Å². The number of aryl methyl sites for hydroxylation is 1. The summed E-state index contributed by atoms with van der Waals surface area (Å²) in [4.78, 5) is 54.1. The third-order valence-corrected chi connectivity index (χ3v) is 9.62. The first-order valence-electron chi connectivity index (χ1n) is 16.5. The number of hydrogen-bond donors (Lipinski definition) is 2. The molecular weight excluding hydrogens is 655 g/mol. The second kappa shape index (κ2) is 12.9. The van der Waals surface area contributed by atoms with E-state index in [9.17, 15) is 32.7 Å². The van der Waals surface area contributed by atoms with Gasteiger partial charge >= 0.3 is 6.18 Å². The van der Waals surface area contributed by atoms with Gasteiger partial charge in [0.05, 0.1) is 30.2 Å². The Balaban J connectivity index is 1.26. The SMILES string of the molecule is CCc1c(N2CCN(C(=O)c3ncccc3O)C3CC3C2)c(=O)n2cc(C3=CCOCC3)nc2n1CC(=O)Nc1ccc(C(F)(F)F)cc1C. The molecular formula is C35H36F3N7O5.